The van der Waals surface area contributed by atoms with Gasteiger partial charge in [0.05, 0.1) is 18.1 Å². The summed E-state index contributed by atoms with van der Waals surface area (Å²) in [5.41, 5.74) is 11.0. The van der Waals surface area contributed by atoms with Gasteiger partial charge >= 0.3 is 0 Å². The van der Waals surface area contributed by atoms with Crippen molar-refractivity contribution in [2.45, 2.75) is 13.8 Å². The number of allylic oxidation sites excluding steroid dienone is 2. The van der Waals surface area contributed by atoms with E-state index >= 15 is 0 Å². The zero-order chi connectivity index (χ0) is 22.6. The van der Waals surface area contributed by atoms with Crippen LogP contribution >= 0.6 is 0 Å². The topological polar surface area (TPSA) is 65.8 Å². The summed E-state index contributed by atoms with van der Waals surface area (Å²) in [5, 5.41) is 8.27. The molecular formula is C27H26N4O. The molecule has 0 aromatic heterocycles. The first kappa shape index (κ1) is 22.4. The van der Waals surface area contributed by atoms with E-state index in [1.54, 1.807) is 36.7 Å². The molecule has 5 heteroatoms. The molecule has 32 heavy (non-hydrogen) atoms. The second-order valence-corrected chi connectivity index (χ2v) is 7.24. The third kappa shape index (κ3) is 7.54. The van der Waals surface area contributed by atoms with Gasteiger partial charge in [-0.05, 0) is 60.4 Å². The Hall–Kier alpha value is -4.25. The van der Waals surface area contributed by atoms with Crippen LogP contribution in [-0.2, 0) is 0 Å². The van der Waals surface area contributed by atoms with Gasteiger partial charge in [0, 0.05) is 5.56 Å². The summed E-state index contributed by atoms with van der Waals surface area (Å²) in [6, 6.07) is 27.1. The lowest BCUT2D eigenvalue weighted by molar-refractivity contribution is 0.0955. The molecule has 0 fully saturated rings. The molecule has 0 atom stereocenters. The number of amides is 1. The number of nitrogens with one attached hydrogen (secondary N) is 2. The normalized spacial score (nSPS) is 12.3. The standard InChI is InChI=1S/C27H26N4O/c1-21(17-23-9-5-3-6-10-23)19-28-30-26-15-13-25(14-16-26)27(32)31-29-20-22(2)18-24-11-7-4-8-12-24/h3-20,30H,1-2H3,(H,31,32)/b21-17+,22-18+,28-19+,29-20+. The second kappa shape index (κ2) is 11.8. The highest BCUT2D eigenvalue weighted by Gasteiger charge is 2.03. The Labute approximate surface area is 188 Å². The van der Waals surface area contributed by atoms with Crippen molar-refractivity contribution in [1.82, 2.24) is 5.43 Å². The number of benzene rings is 3. The number of hydrazone groups is 2. The van der Waals surface area contributed by atoms with Gasteiger partial charge in [0.2, 0.25) is 0 Å². The fourth-order valence-electron chi connectivity index (χ4n) is 2.86. The third-order valence-corrected chi connectivity index (χ3v) is 4.43. The summed E-state index contributed by atoms with van der Waals surface area (Å²) >= 11 is 0. The fourth-order valence-corrected chi connectivity index (χ4v) is 2.86. The molecule has 0 saturated carbocycles. The van der Waals surface area contributed by atoms with Gasteiger partial charge in [-0.1, -0.05) is 72.8 Å². The monoisotopic (exact) mass is 422 g/mol. The quantitative estimate of drug-likeness (QED) is 0.345. The van der Waals surface area contributed by atoms with Crippen LogP contribution in [0.2, 0.25) is 0 Å². The van der Waals surface area contributed by atoms with Crippen LogP contribution in [0.15, 0.2) is 106 Å². The first-order valence-electron chi connectivity index (χ1n) is 10.3. The van der Waals surface area contributed by atoms with E-state index in [0.717, 1.165) is 28.0 Å². The molecule has 0 aliphatic heterocycles. The van der Waals surface area contributed by atoms with Gasteiger partial charge in [-0.3, -0.25) is 10.2 Å². The van der Waals surface area contributed by atoms with Crippen molar-refractivity contribution in [2.24, 2.45) is 10.2 Å². The highest BCUT2D eigenvalue weighted by Crippen LogP contribution is 2.10. The molecule has 0 aliphatic rings. The van der Waals surface area contributed by atoms with E-state index in [2.05, 4.69) is 27.1 Å². The number of carbonyl (C=O) groups is 1. The van der Waals surface area contributed by atoms with Crippen LogP contribution in [0.4, 0.5) is 5.69 Å². The maximum atomic E-state index is 12.3. The summed E-state index contributed by atoms with van der Waals surface area (Å²) in [6.07, 6.45) is 7.43. The summed E-state index contributed by atoms with van der Waals surface area (Å²) in [6.45, 7) is 3.92. The number of anilines is 1. The molecular weight excluding hydrogens is 396 g/mol. The molecule has 0 unspecified atom stereocenters. The van der Waals surface area contributed by atoms with Crippen molar-refractivity contribution >= 4 is 36.2 Å². The van der Waals surface area contributed by atoms with Gasteiger partial charge in [0.15, 0.2) is 0 Å². The molecule has 2 N–H and O–H groups in total. The van der Waals surface area contributed by atoms with Gasteiger partial charge < -0.3 is 0 Å². The minimum absolute atomic E-state index is 0.273. The minimum atomic E-state index is -0.273. The molecule has 0 saturated heterocycles. The Bertz CT molecular complexity index is 1130. The average Bonchev–Trinajstić information content (AvgIpc) is 2.81. The van der Waals surface area contributed by atoms with Crippen molar-refractivity contribution in [1.29, 1.82) is 0 Å². The Morgan fingerprint density at radius 2 is 1.19 bits per heavy atom. The minimum Gasteiger partial charge on any atom is -0.279 e. The lowest BCUT2D eigenvalue weighted by Gasteiger charge is -2.03. The van der Waals surface area contributed by atoms with Crippen LogP contribution < -0.4 is 10.9 Å². The molecule has 5 nitrogen and oxygen atoms in total. The summed E-state index contributed by atoms with van der Waals surface area (Å²) < 4.78 is 0. The molecule has 0 spiro atoms. The summed E-state index contributed by atoms with van der Waals surface area (Å²) in [5.74, 6) is -0.273. The Morgan fingerprint density at radius 3 is 1.72 bits per heavy atom. The van der Waals surface area contributed by atoms with Crippen molar-refractivity contribution < 1.29 is 4.79 Å². The molecule has 3 rings (SSSR count). The maximum absolute atomic E-state index is 12.3. The van der Waals surface area contributed by atoms with E-state index in [-0.39, 0.29) is 5.91 Å². The summed E-state index contributed by atoms with van der Waals surface area (Å²) in [4.78, 5) is 12.3. The number of nitrogens with zero attached hydrogens (tertiary/aromatic N) is 2. The molecule has 0 radical (unpaired) electrons. The van der Waals surface area contributed by atoms with Gasteiger partial charge in [-0.15, -0.1) is 0 Å². The number of rotatable bonds is 8. The molecule has 160 valence electrons. The van der Waals surface area contributed by atoms with Crippen molar-refractivity contribution in [3.63, 3.8) is 0 Å². The maximum Gasteiger partial charge on any atom is 0.271 e. The molecule has 0 aliphatic carbocycles. The highest BCUT2D eigenvalue weighted by atomic mass is 16.2. The zero-order valence-corrected chi connectivity index (χ0v) is 18.2. The lowest BCUT2D eigenvalue weighted by Crippen LogP contribution is -2.17. The van der Waals surface area contributed by atoms with E-state index < -0.39 is 0 Å². The fraction of sp³-hybridized carbons (Fsp3) is 0.0741. The van der Waals surface area contributed by atoms with E-state index in [4.69, 9.17) is 0 Å². The third-order valence-electron chi connectivity index (χ3n) is 4.43. The zero-order valence-electron chi connectivity index (χ0n) is 18.2. The van der Waals surface area contributed by atoms with Crippen molar-refractivity contribution in [3.05, 3.63) is 113 Å². The van der Waals surface area contributed by atoms with Crippen LogP contribution in [-0.4, -0.2) is 18.3 Å². The van der Waals surface area contributed by atoms with E-state index in [1.807, 2.05) is 80.6 Å². The van der Waals surface area contributed by atoms with Gasteiger partial charge in [0.1, 0.15) is 0 Å². The summed E-state index contributed by atoms with van der Waals surface area (Å²) in [7, 11) is 0. The van der Waals surface area contributed by atoms with E-state index in [9.17, 15) is 4.79 Å². The Balaban J connectivity index is 1.49. The average molecular weight is 423 g/mol. The van der Waals surface area contributed by atoms with Crippen LogP contribution in [0.3, 0.4) is 0 Å². The van der Waals surface area contributed by atoms with Gasteiger partial charge in [-0.2, -0.15) is 10.2 Å². The molecule has 3 aromatic carbocycles. The largest absolute Gasteiger partial charge is 0.279 e. The Morgan fingerprint density at radius 1 is 0.688 bits per heavy atom. The first-order valence-corrected chi connectivity index (χ1v) is 10.3. The van der Waals surface area contributed by atoms with E-state index in [1.165, 1.54) is 0 Å². The smallest absolute Gasteiger partial charge is 0.271 e. The lowest BCUT2D eigenvalue weighted by atomic mass is 10.1. The number of hydrogen-bond acceptors (Lipinski definition) is 4. The van der Waals surface area contributed by atoms with Crippen molar-refractivity contribution in [3.8, 4) is 0 Å². The second-order valence-electron chi connectivity index (χ2n) is 7.24. The van der Waals surface area contributed by atoms with Gasteiger partial charge in [-0.25, -0.2) is 5.43 Å². The SMILES string of the molecule is CC(/C=N/NC(=O)c1ccc(N/N=C/C(C)=C/c2ccccc2)cc1)=C\c1ccccc1. The van der Waals surface area contributed by atoms with Crippen LogP contribution in [0.25, 0.3) is 12.2 Å². The molecule has 1 amide bonds. The predicted octanol–water partition coefficient (Wildman–Crippen LogP) is 6.01. The molecule has 0 heterocycles. The van der Waals surface area contributed by atoms with Crippen LogP contribution in [0.5, 0.6) is 0 Å². The predicted molar refractivity (Wildman–Crippen MR) is 135 cm³/mol. The number of carbonyl (C=O) groups excluding carboxylic acids is 1. The van der Waals surface area contributed by atoms with Crippen LogP contribution in [0, 0.1) is 0 Å². The van der Waals surface area contributed by atoms with E-state index in [0.29, 0.717) is 5.56 Å². The first-order chi connectivity index (χ1) is 15.6. The molecule has 3 aromatic rings. The molecule has 0 bridgehead atoms. The van der Waals surface area contributed by atoms with Gasteiger partial charge in [0.25, 0.3) is 5.91 Å². The number of hydrogen-bond donors (Lipinski definition) is 2. The van der Waals surface area contributed by atoms with Crippen LogP contribution in [0.1, 0.15) is 35.3 Å². The van der Waals surface area contributed by atoms with Crippen molar-refractivity contribution in [2.75, 3.05) is 5.43 Å². The highest BCUT2D eigenvalue weighted by molar-refractivity contribution is 5.95. The Kier molecular flexibility index (Phi) is 8.28.